The summed E-state index contributed by atoms with van der Waals surface area (Å²) in [6.07, 6.45) is 0. The van der Waals surface area contributed by atoms with Crippen LogP contribution >= 0.6 is 23.2 Å². The van der Waals surface area contributed by atoms with Crippen LogP contribution in [0.3, 0.4) is 0 Å². The van der Waals surface area contributed by atoms with E-state index in [1.165, 1.54) is 0 Å². The highest BCUT2D eigenvalue weighted by molar-refractivity contribution is 6.31. The predicted octanol–water partition coefficient (Wildman–Crippen LogP) is 6.52. The zero-order valence-corrected chi connectivity index (χ0v) is 20.3. The van der Waals surface area contributed by atoms with E-state index in [0.717, 1.165) is 22.2 Å². The largest absolute Gasteiger partial charge is 0.359 e. The lowest BCUT2D eigenvalue weighted by Crippen LogP contribution is -2.25. The fraction of sp³-hybridized carbons (Fsp3) is 0.0741. The van der Waals surface area contributed by atoms with Crippen LogP contribution in [0.4, 0.5) is 0 Å². The number of hydrogen-bond donors (Lipinski definition) is 0. The lowest BCUT2D eigenvalue weighted by molar-refractivity contribution is 0.372. The molecular weight excluding hydrogens is 499 g/mol. The van der Waals surface area contributed by atoms with Gasteiger partial charge in [-0.15, -0.1) is 0 Å². The fourth-order valence-electron chi connectivity index (χ4n) is 4.23. The quantitative estimate of drug-likeness (QED) is 0.252. The fourth-order valence-corrected chi connectivity index (χ4v) is 4.61. The van der Waals surface area contributed by atoms with Crippen molar-refractivity contribution in [2.24, 2.45) is 0 Å². The van der Waals surface area contributed by atoms with E-state index in [0.29, 0.717) is 33.0 Å². The van der Waals surface area contributed by atoms with Crippen molar-refractivity contribution in [3.8, 4) is 22.5 Å². The van der Waals surface area contributed by atoms with Crippen LogP contribution in [0.1, 0.15) is 11.5 Å². The first-order valence-corrected chi connectivity index (χ1v) is 11.9. The minimum absolute atomic E-state index is 0.197. The van der Waals surface area contributed by atoms with Gasteiger partial charge in [0.1, 0.15) is 11.4 Å². The molecule has 0 fully saturated rings. The number of aromatic nitrogens is 4. The molecule has 0 aliphatic heterocycles. The maximum Gasteiger partial charge on any atom is 0.329 e. The molecule has 0 spiro atoms. The number of imidazole rings is 1. The summed E-state index contributed by atoms with van der Waals surface area (Å²) >= 11 is 12.2. The van der Waals surface area contributed by atoms with E-state index in [1.54, 1.807) is 21.3 Å². The van der Waals surface area contributed by atoms with Crippen LogP contribution in [0.25, 0.3) is 33.5 Å². The Bertz CT molecular complexity index is 1640. The first kappa shape index (κ1) is 22.4. The number of halogens is 2. The smallest absolute Gasteiger partial charge is 0.329 e. The Morgan fingerprint density at radius 3 is 1.56 bits per heavy atom. The molecule has 9 heteroatoms. The van der Waals surface area contributed by atoms with Gasteiger partial charge in [0.2, 0.25) is 0 Å². The van der Waals surface area contributed by atoms with Crippen LogP contribution in [0, 0.1) is 0 Å². The van der Waals surface area contributed by atoms with Crippen LogP contribution in [-0.2, 0) is 13.1 Å². The molecule has 0 amide bonds. The number of nitrogens with zero attached hydrogens (tertiary/aromatic N) is 4. The van der Waals surface area contributed by atoms with Gasteiger partial charge in [0.15, 0.2) is 11.5 Å². The van der Waals surface area contributed by atoms with Crippen LogP contribution in [-0.4, -0.2) is 19.4 Å². The van der Waals surface area contributed by atoms with E-state index >= 15 is 0 Å². The van der Waals surface area contributed by atoms with Gasteiger partial charge in [-0.05, 0) is 36.4 Å². The maximum atomic E-state index is 13.5. The molecule has 0 radical (unpaired) electrons. The van der Waals surface area contributed by atoms with Crippen LogP contribution < -0.4 is 5.69 Å². The normalized spacial score (nSPS) is 11.4. The van der Waals surface area contributed by atoms with E-state index in [-0.39, 0.29) is 18.8 Å². The monoisotopic (exact) mass is 516 g/mol. The van der Waals surface area contributed by atoms with E-state index in [9.17, 15) is 4.79 Å². The van der Waals surface area contributed by atoms with E-state index in [2.05, 4.69) is 10.3 Å². The number of fused-ring (bicyclic) bond motifs is 1. The third-order valence-electron chi connectivity index (χ3n) is 5.91. The summed E-state index contributed by atoms with van der Waals surface area (Å²) in [4.78, 5) is 13.5. The molecule has 7 nitrogen and oxygen atoms in total. The highest BCUT2D eigenvalue weighted by Gasteiger charge is 2.18. The molecule has 6 aromatic rings. The molecule has 0 saturated heterocycles. The molecule has 0 unspecified atom stereocenters. The molecule has 3 heterocycles. The predicted molar refractivity (Wildman–Crippen MR) is 138 cm³/mol. The van der Waals surface area contributed by atoms with Crippen molar-refractivity contribution in [3.05, 3.63) is 117 Å². The Hall–Kier alpha value is -4.07. The molecule has 36 heavy (non-hydrogen) atoms. The summed E-state index contributed by atoms with van der Waals surface area (Å²) in [5, 5.41) is 9.54. The molecule has 178 valence electrons. The summed E-state index contributed by atoms with van der Waals surface area (Å²) in [6.45, 7) is 0.453. The topological polar surface area (TPSA) is 79.0 Å². The number of hydrogen-bond acceptors (Lipinski definition) is 5. The Balaban J connectivity index is 1.33. The minimum atomic E-state index is -0.197. The van der Waals surface area contributed by atoms with Crippen molar-refractivity contribution in [1.82, 2.24) is 19.4 Å². The van der Waals surface area contributed by atoms with E-state index in [4.69, 9.17) is 32.2 Å². The van der Waals surface area contributed by atoms with Gasteiger partial charge in [-0.1, -0.05) is 69.9 Å². The van der Waals surface area contributed by atoms with Gasteiger partial charge in [-0.2, -0.15) is 0 Å². The van der Waals surface area contributed by atoms with Crippen molar-refractivity contribution < 1.29 is 9.05 Å². The molecule has 3 aromatic carbocycles. The highest BCUT2D eigenvalue weighted by Crippen LogP contribution is 2.25. The maximum absolute atomic E-state index is 13.5. The molecule has 0 aliphatic carbocycles. The van der Waals surface area contributed by atoms with Gasteiger partial charge in [-0.3, -0.25) is 9.13 Å². The SMILES string of the molecule is O=c1n(Cc2cc(-c3cccc(Cl)c3)no2)c2ccccc2n1Cc1cc(-c2cccc(Cl)c2)no1. The summed E-state index contributed by atoms with van der Waals surface area (Å²) in [7, 11) is 0. The third-order valence-corrected chi connectivity index (χ3v) is 6.38. The standard InChI is InChI=1S/C27H18Cl2N4O3/c28-19-7-3-5-17(11-19)23-13-21(35-30-23)15-32-25-9-1-2-10-26(25)33(27(32)34)16-22-14-24(31-36-22)18-6-4-8-20(29)12-18/h1-14H,15-16H2. The lowest BCUT2D eigenvalue weighted by atomic mass is 10.1. The molecule has 0 saturated carbocycles. The zero-order valence-electron chi connectivity index (χ0n) is 18.8. The molecule has 0 atom stereocenters. The first-order valence-electron chi connectivity index (χ1n) is 11.2. The first-order chi connectivity index (χ1) is 17.5. The Kier molecular flexibility index (Phi) is 5.71. The van der Waals surface area contributed by atoms with E-state index in [1.807, 2.05) is 72.8 Å². The summed E-state index contributed by atoms with van der Waals surface area (Å²) in [5.74, 6) is 1.11. The van der Waals surface area contributed by atoms with Gasteiger partial charge in [-0.25, -0.2) is 4.79 Å². The van der Waals surface area contributed by atoms with Crippen molar-refractivity contribution in [1.29, 1.82) is 0 Å². The average Bonchev–Trinajstić information content (AvgIpc) is 3.60. The van der Waals surface area contributed by atoms with Gasteiger partial charge in [0, 0.05) is 33.3 Å². The number of rotatable bonds is 6. The van der Waals surface area contributed by atoms with Crippen LogP contribution in [0.2, 0.25) is 10.0 Å². The average molecular weight is 517 g/mol. The van der Waals surface area contributed by atoms with Crippen molar-refractivity contribution >= 4 is 34.2 Å². The molecule has 6 rings (SSSR count). The number of benzene rings is 3. The molecular formula is C27H18Cl2N4O3. The highest BCUT2D eigenvalue weighted by atomic mass is 35.5. The lowest BCUT2D eigenvalue weighted by Gasteiger charge is -1.99. The van der Waals surface area contributed by atoms with Gasteiger partial charge < -0.3 is 9.05 Å². The molecule has 0 bridgehead atoms. The van der Waals surface area contributed by atoms with Crippen LogP contribution in [0.5, 0.6) is 0 Å². The molecule has 3 aromatic heterocycles. The summed E-state index contributed by atoms with van der Waals surface area (Å²) < 4.78 is 14.4. The van der Waals surface area contributed by atoms with Gasteiger partial charge >= 0.3 is 5.69 Å². The Morgan fingerprint density at radius 2 is 1.11 bits per heavy atom. The van der Waals surface area contributed by atoms with Crippen molar-refractivity contribution in [2.75, 3.05) is 0 Å². The second kappa shape index (κ2) is 9.18. The second-order valence-electron chi connectivity index (χ2n) is 8.32. The van der Waals surface area contributed by atoms with Crippen molar-refractivity contribution in [3.63, 3.8) is 0 Å². The van der Waals surface area contributed by atoms with Gasteiger partial charge in [0.05, 0.1) is 24.1 Å². The minimum Gasteiger partial charge on any atom is -0.359 e. The zero-order chi connectivity index (χ0) is 24.6. The van der Waals surface area contributed by atoms with E-state index < -0.39 is 0 Å². The Labute approximate surface area is 215 Å². The van der Waals surface area contributed by atoms with Crippen LogP contribution in [0.15, 0.2) is 98.8 Å². The third kappa shape index (κ3) is 4.23. The Morgan fingerprint density at radius 1 is 0.639 bits per heavy atom. The summed E-state index contributed by atoms with van der Waals surface area (Å²) in [6, 6.07) is 26.0. The van der Waals surface area contributed by atoms with Crippen molar-refractivity contribution in [2.45, 2.75) is 13.1 Å². The van der Waals surface area contributed by atoms with Gasteiger partial charge in [0.25, 0.3) is 0 Å². The number of para-hydroxylation sites is 2. The summed E-state index contributed by atoms with van der Waals surface area (Å²) in [5.41, 5.74) is 4.34. The molecule has 0 N–H and O–H groups in total. The second-order valence-corrected chi connectivity index (χ2v) is 9.19. The molecule has 0 aliphatic rings.